The van der Waals surface area contributed by atoms with Crippen molar-refractivity contribution in [1.82, 2.24) is 4.98 Å². The molecule has 0 saturated heterocycles. The predicted molar refractivity (Wildman–Crippen MR) is 96.2 cm³/mol. The van der Waals surface area contributed by atoms with Gasteiger partial charge >= 0.3 is 5.97 Å². The minimum Gasteiger partial charge on any atom is -0.478 e. The van der Waals surface area contributed by atoms with E-state index < -0.39 is 5.97 Å². The molecule has 1 fully saturated rings. The highest BCUT2D eigenvalue weighted by molar-refractivity contribution is 7.13. The van der Waals surface area contributed by atoms with Crippen LogP contribution in [-0.4, -0.2) is 22.0 Å². The van der Waals surface area contributed by atoms with Gasteiger partial charge in [-0.25, -0.2) is 9.78 Å². The highest BCUT2D eigenvalue weighted by Crippen LogP contribution is 2.51. The Bertz CT molecular complexity index is 645. The summed E-state index contributed by atoms with van der Waals surface area (Å²) in [5, 5.41) is 14.7. The minimum atomic E-state index is -0.933. The fourth-order valence-electron chi connectivity index (χ4n) is 3.78. The number of nitrogens with one attached hydrogen (secondary N) is 1. The lowest BCUT2D eigenvalue weighted by Gasteiger charge is -2.44. The van der Waals surface area contributed by atoms with Crippen molar-refractivity contribution in [3.63, 3.8) is 0 Å². The first-order valence-corrected chi connectivity index (χ1v) is 9.14. The SMILES string of the molecule is C=C(C(=O)O)C1CCCC(C(C)(C)C)C1c1csc(NC(C)=O)n1. The maximum atomic E-state index is 11.5. The third kappa shape index (κ3) is 4.04. The van der Waals surface area contributed by atoms with Crippen molar-refractivity contribution in [2.75, 3.05) is 5.32 Å². The van der Waals surface area contributed by atoms with Gasteiger partial charge in [0, 0.05) is 23.8 Å². The highest BCUT2D eigenvalue weighted by Gasteiger charge is 2.43. The third-order valence-electron chi connectivity index (χ3n) is 4.88. The van der Waals surface area contributed by atoms with E-state index in [0.717, 1.165) is 25.0 Å². The van der Waals surface area contributed by atoms with Crippen molar-refractivity contribution in [2.24, 2.45) is 17.3 Å². The number of aromatic nitrogens is 1. The standard InChI is InChI=1S/C18H26N2O3S/c1-10(16(22)23)12-7-6-8-13(18(3,4)5)15(12)14-9-24-17(20-14)19-11(2)21/h9,12-13,15H,1,6-8H2,2-5H3,(H,22,23)(H,19,20,21). The van der Waals surface area contributed by atoms with Crippen LogP contribution in [-0.2, 0) is 9.59 Å². The summed E-state index contributed by atoms with van der Waals surface area (Å²) in [5.74, 6) is -0.872. The van der Waals surface area contributed by atoms with Gasteiger partial charge in [-0.3, -0.25) is 4.79 Å². The Morgan fingerprint density at radius 3 is 2.58 bits per heavy atom. The lowest BCUT2D eigenvalue weighted by Crippen LogP contribution is -2.36. The predicted octanol–water partition coefficient (Wildman–Crippen LogP) is 4.29. The van der Waals surface area contributed by atoms with Gasteiger partial charge in [-0.05, 0) is 30.1 Å². The molecule has 1 aliphatic carbocycles. The Balaban J connectivity index is 2.42. The summed E-state index contributed by atoms with van der Waals surface area (Å²) in [6, 6.07) is 0. The van der Waals surface area contributed by atoms with Gasteiger partial charge < -0.3 is 10.4 Å². The normalized spacial score (nSPS) is 24.4. The van der Waals surface area contributed by atoms with E-state index >= 15 is 0 Å². The van der Waals surface area contributed by atoms with Crippen LogP contribution < -0.4 is 5.32 Å². The van der Waals surface area contributed by atoms with E-state index in [-0.39, 0.29) is 28.7 Å². The second kappa shape index (κ2) is 7.05. The summed E-state index contributed by atoms with van der Waals surface area (Å²) in [6.45, 7) is 11.9. The van der Waals surface area contributed by atoms with Crippen LogP contribution >= 0.6 is 11.3 Å². The molecule has 5 nitrogen and oxygen atoms in total. The molecule has 0 aliphatic heterocycles. The molecule has 1 heterocycles. The van der Waals surface area contributed by atoms with Crippen LogP contribution in [0.2, 0.25) is 0 Å². The van der Waals surface area contributed by atoms with E-state index in [9.17, 15) is 14.7 Å². The van der Waals surface area contributed by atoms with Crippen molar-refractivity contribution in [2.45, 2.75) is 52.9 Å². The second-order valence-corrected chi connectivity index (χ2v) is 8.48. The van der Waals surface area contributed by atoms with Crippen molar-refractivity contribution in [1.29, 1.82) is 0 Å². The van der Waals surface area contributed by atoms with Crippen molar-refractivity contribution < 1.29 is 14.7 Å². The first-order valence-electron chi connectivity index (χ1n) is 8.26. The molecule has 1 aromatic heterocycles. The van der Waals surface area contributed by atoms with Gasteiger partial charge in [0.1, 0.15) is 0 Å². The van der Waals surface area contributed by atoms with E-state index in [0.29, 0.717) is 11.0 Å². The van der Waals surface area contributed by atoms with Crippen LogP contribution in [0.25, 0.3) is 0 Å². The molecular formula is C18H26N2O3S. The number of carboxylic acid groups (broad SMARTS) is 1. The first-order chi connectivity index (χ1) is 11.1. The van der Waals surface area contributed by atoms with E-state index in [1.165, 1.54) is 18.3 Å². The van der Waals surface area contributed by atoms with Gasteiger partial charge in [0.15, 0.2) is 5.13 Å². The van der Waals surface area contributed by atoms with Gasteiger partial charge in [-0.1, -0.05) is 33.8 Å². The molecule has 0 radical (unpaired) electrons. The van der Waals surface area contributed by atoms with Gasteiger partial charge in [0.05, 0.1) is 5.69 Å². The summed E-state index contributed by atoms with van der Waals surface area (Å²) < 4.78 is 0. The van der Waals surface area contributed by atoms with Gasteiger partial charge in [-0.2, -0.15) is 0 Å². The fraction of sp³-hybridized carbons (Fsp3) is 0.611. The number of carboxylic acids is 1. The van der Waals surface area contributed by atoms with E-state index in [2.05, 4.69) is 37.7 Å². The molecule has 3 unspecified atom stereocenters. The van der Waals surface area contributed by atoms with Crippen molar-refractivity contribution in [3.8, 4) is 0 Å². The number of hydrogen-bond donors (Lipinski definition) is 2. The van der Waals surface area contributed by atoms with Crippen molar-refractivity contribution >= 4 is 28.3 Å². The number of carbonyl (C=O) groups excluding carboxylic acids is 1. The zero-order valence-corrected chi connectivity index (χ0v) is 15.6. The number of thiazole rings is 1. The van der Waals surface area contributed by atoms with Crippen LogP contribution in [0.3, 0.4) is 0 Å². The molecule has 1 aliphatic rings. The molecule has 24 heavy (non-hydrogen) atoms. The topological polar surface area (TPSA) is 79.3 Å². The maximum Gasteiger partial charge on any atom is 0.331 e. The summed E-state index contributed by atoms with van der Waals surface area (Å²) in [7, 11) is 0. The van der Waals surface area contributed by atoms with E-state index in [4.69, 9.17) is 0 Å². The Morgan fingerprint density at radius 1 is 1.38 bits per heavy atom. The van der Waals surface area contributed by atoms with Gasteiger partial charge in [0.25, 0.3) is 0 Å². The van der Waals surface area contributed by atoms with E-state index in [1.54, 1.807) is 0 Å². The third-order valence-corrected chi connectivity index (χ3v) is 5.65. The molecule has 6 heteroatoms. The second-order valence-electron chi connectivity index (χ2n) is 7.62. The molecular weight excluding hydrogens is 324 g/mol. The van der Waals surface area contributed by atoms with Gasteiger partial charge in [-0.15, -0.1) is 11.3 Å². The summed E-state index contributed by atoms with van der Waals surface area (Å²) in [6.07, 6.45) is 2.86. The Hall–Kier alpha value is -1.69. The monoisotopic (exact) mass is 350 g/mol. The molecule has 1 saturated carbocycles. The number of hydrogen-bond acceptors (Lipinski definition) is 4. The molecule has 2 rings (SSSR count). The average Bonchev–Trinajstić information content (AvgIpc) is 2.92. The molecule has 0 aromatic carbocycles. The minimum absolute atomic E-state index is 0.0149. The lowest BCUT2D eigenvalue weighted by atomic mass is 9.60. The number of carbonyl (C=O) groups is 2. The highest BCUT2D eigenvalue weighted by atomic mass is 32.1. The molecule has 1 aromatic rings. The Kier molecular flexibility index (Phi) is 5.48. The lowest BCUT2D eigenvalue weighted by molar-refractivity contribution is -0.133. The molecule has 3 atom stereocenters. The zero-order valence-electron chi connectivity index (χ0n) is 14.8. The first kappa shape index (κ1) is 18.6. The van der Waals surface area contributed by atoms with Crippen LogP contribution in [0.4, 0.5) is 5.13 Å². The Morgan fingerprint density at radius 2 is 2.04 bits per heavy atom. The van der Waals surface area contributed by atoms with Crippen LogP contribution in [0.1, 0.15) is 58.6 Å². The summed E-state index contributed by atoms with van der Waals surface area (Å²) >= 11 is 1.39. The van der Waals surface area contributed by atoms with Crippen LogP contribution in [0, 0.1) is 17.3 Å². The number of amides is 1. The van der Waals surface area contributed by atoms with Gasteiger partial charge in [0.2, 0.25) is 5.91 Å². The number of rotatable bonds is 4. The number of anilines is 1. The van der Waals surface area contributed by atoms with Crippen LogP contribution in [0.5, 0.6) is 0 Å². The quantitative estimate of drug-likeness (QED) is 0.794. The average molecular weight is 350 g/mol. The summed E-state index contributed by atoms with van der Waals surface area (Å²) in [5.41, 5.74) is 1.18. The molecule has 132 valence electrons. The van der Waals surface area contributed by atoms with Crippen LogP contribution in [0.15, 0.2) is 17.5 Å². The maximum absolute atomic E-state index is 11.5. The molecule has 1 amide bonds. The van der Waals surface area contributed by atoms with Crippen molar-refractivity contribution in [3.05, 3.63) is 23.2 Å². The largest absolute Gasteiger partial charge is 0.478 e. The molecule has 2 N–H and O–H groups in total. The number of nitrogens with zero attached hydrogens (tertiary/aromatic N) is 1. The fourth-order valence-corrected chi connectivity index (χ4v) is 4.58. The zero-order chi connectivity index (χ0) is 18.1. The van der Waals surface area contributed by atoms with E-state index in [1.807, 2.05) is 5.38 Å². The smallest absolute Gasteiger partial charge is 0.331 e. The Labute approximate surface area is 147 Å². The summed E-state index contributed by atoms with van der Waals surface area (Å²) in [4.78, 5) is 27.3. The molecule has 0 spiro atoms. The number of aliphatic carboxylic acids is 1. The molecule has 0 bridgehead atoms.